The van der Waals surface area contributed by atoms with Crippen molar-refractivity contribution in [3.05, 3.63) is 44.3 Å². The van der Waals surface area contributed by atoms with Gasteiger partial charge in [-0.1, -0.05) is 23.2 Å². The molecule has 2 N–H and O–H groups in total. The molecule has 0 fully saturated rings. The molecule has 2 aromatic rings. The normalized spacial score (nSPS) is 11.8. The summed E-state index contributed by atoms with van der Waals surface area (Å²) in [6, 6.07) is 3.44. The molecule has 102 valence electrons. The number of benzene rings is 1. The maximum absolute atomic E-state index is 11.7. The molecule has 0 unspecified atom stereocenters. The predicted octanol–water partition coefficient (Wildman–Crippen LogP) is 2.03. The van der Waals surface area contributed by atoms with E-state index in [0.717, 1.165) is 10.7 Å². The van der Waals surface area contributed by atoms with Gasteiger partial charge in [-0.3, -0.25) is 14.4 Å². The van der Waals surface area contributed by atoms with E-state index < -0.39 is 20.6 Å². The zero-order valence-corrected chi connectivity index (χ0v) is 11.8. The molecule has 0 atom stereocenters. The zero-order valence-electron chi connectivity index (χ0n) is 9.52. The fourth-order valence-corrected chi connectivity index (χ4v) is 2.66. The number of nitrogens with zero attached hydrogens (tertiary/aromatic N) is 1. The highest BCUT2D eigenvalue weighted by Crippen LogP contribution is 2.30. The minimum absolute atomic E-state index is 0.0469. The fraction of sp³-hybridized carbons (Fsp3) is 0.100. The molecule has 6 nitrogen and oxygen atoms in total. The quantitative estimate of drug-likeness (QED) is 0.827. The molecule has 0 amide bonds. The SMILES string of the molecule is Cc1cc(=O)n(-c2cc(Cl)c(Cl)cc2S(=O)(=O)O)[nH]1. The van der Waals surface area contributed by atoms with Crippen LogP contribution in [0, 0.1) is 6.92 Å². The molecular weight excluding hydrogens is 315 g/mol. The molecule has 2 rings (SSSR count). The van der Waals surface area contributed by atoms with Crippen molar-refractivity contribution in [2.24, 2.45) is 0 Å². The first-order valence-corrected chi connectivity index (χ1v) is 7.15. The lowest BCUT2D eigenvalue weighted by Crippen LogP contribution is -2.17. The predicted molar refractivity (Wildman–Crippen MR) is 71.0 cm³/mol. The number of aryl methyl sites for hydroxylation is 1. The second-order valence-corrected chi connectivity index (χ2v) is 6.03. The summed E-state index contributed by atoms with van der Waals surface area (Å²) in [5.74, 6) is 0. The third-order valence-electron chi connectivity index (χ3n) is 2.37. The summed E-state index contributed by atoms with van der Waals surface area (Å²) < 4.78 is 32.8. The Kier molecular flexibility index (Phi) is 3.48. The lowest BCUT2D eigenvalue weighted by Gasteiger charge is -2.09. The van der Waals surface area contributed by atoms with Crippen LogP contribution in [-0.2, 0) is 10.1 Å². The van der Waals surface area contributed by atoms with E-state index in [1.54, 1.807) is 6.92 Å². The molecule has 0 aliphatic carbocycles. The molecule has 9 heteroatoms. The van der Waals surface area contributed by atoms with E-state index in [1.165, 1.54) is 12.1 Å². The molecular formula is C10H8Cl2N2O4S. The van der Waals surface area contributed by atoms with Crippen LogP contribution in [0.3, 0.4) is 0 Å². The Morgan fingerprint density at radius 2 is 1.79 bits per heavy atom. The van der Waals surface area contributed by atoms with Crippen LogP contribution in [0.25, 0.3) is 5.69 Å². The van der Waals surface area contributed by atoms with Crippen LogP contribution in [-0.4, -0.2) is 22.8 Å². The zero-order chi connectivity index (χ0) is 14.4. The van der Waals surface area contributed by atoms with Crippen LogP contribution in [0.5, 0.6) is 0 Å². The summed E-state index contributed by atoms with van der Waals surface area (Å²) in [4.78, 5) is 11.2. The van der Waals surface area contributed by atoms with Gasteiger partial charge in [0.15, 0.2) is 0 Å². The fourth-order valence-electron chi connectivity index (χ4n) is 1.59. The summed E-state index contributed by atoms with van der Waals surface area (Å²) in [5, 5.41) is 2.66. The van der Waals surface area contributed by atoms with E-state index in [9.17, 15) is 17.8 Å². The molecule has 0 aliphatic heterocycles. The summed E-state index contributed by atoms with van der Waals surface area (Å²) in [7, 11) is -4.55. The first-order chi connectivity index (χ1) is 8.70. The van der Waals surface area contributed by atoms with Gasteiger partial charge in [-0.2, -0.15) is 8.42 Å². The van der Waals surface area contributed by atoms with Gasteiger partial charge >= 0.3 is 0 Å². The van der Waals surface area contributed by atoms with Crippen LogP contribution in [0.15, 0.2) is 27.9 Å². The van der Waals surface area contributed by atoms with Gasteiger partial charge in [0.05, 0.1) is 15.7 Å². The monoisotopic (exact) mass is 322 g/mol. The molecule has 0 saturated heterocycles. The number of hydrogen-bond acceptors (Lipinski definition) is 3. The molecule has 0 spiro atoms. The van der Waals surface area contributed by atoms with E-state index in [4.69, 9.17) is 23.2 Å². The van der Waals surface area contributed by atoms with Crippen LogP contribution in [0.4, 0.5) is 0 Å². The number of aromatic nitrogens is 2. The third kappa shape index (κ3) is 2.69. The third-order valence-corrected chi connectivity index (χ3v) is 3.97. The smallest absolute Gasteiger partial charge is 0.295 e. The first kappa shape index (κ1) is 14.1. The average molecular weight is 323 g/mol. The van der Waals surface area contributed by atoms with E-state index >= 15 is 0 Å². The minimum atomic E-state index is -4.55. The van der Waals surface area contributed by atoms with Crippen LogP contribution < -0.4 is 5.56 Å². The molecule has 1 aromatic heterocycles. The minimum Gasteiger partial charge on any atom is -0.295 e. The van der Waals surface area contributed by atoms with Gasteiger partial charge in [0.2, 0.25) is 0 Å². The van der Waals surface area contributed by atoms with E-state index in [0.29, 0.717) is 5.69 Å². The Morgan fingerprint density at radius 3 is 2.26 bits per heavy atom. The first-order valence-electron chi connectivity index (χ1n) is 4.95. The maximum Gasteiger partial charge on any atom is 0.296 e. The van der Waals surface area contributed by atoms with Gasteiger partial charge in [-0.25, -0.2) is 4.68 Å². The summed E-state index contributed by atoms with van der Waals surface area (Å²) >= 11 is 11.5. The van der Waals surface area contributed by atoms with Crippen molar-refractivity contribution in [1.29, 1.82) is 0 Å². The van der Waals surface area contributed by atoms with Gasteiger partial charge < -0.3 is 0 Å². The molecule has 0 saturated carbocycles. The Morgan fingerprint density at radius 1 is 1.21 bits per heavy atom. The van der Waals surface area contributed by atoms with Crippen LogP contribution >= 0.6 is 23.2 Å². The topological polar surface area (TPSA) is 92.2 Å². The van der Waals surface area contributed by atoms with Crippen molar-refractivity contribution in [2.75, 3.05) is 0 Å². The molecule has 0 bridgehead atoms. The summed E-state index contributed by atoms with van der Waals surface area (Å²) in [5.41, 5.74) is -0.0619. The largest absolute Gasteiger partial charge is 0.296 e. The Labute approximate surface area is 118 Å². The highest BCUT2D eigenvalue weighted by molar-refractivity contribution is 7.86. The molecule has 0 aliphatic rings. The Balaban J connectivity index is 2.87. The number of H-pyrrole nitrogens is 1. The van der Waals surface area contributed by atoms with Crippen molar-refractivity contribution in [3.63, 3.8) is 0 Å². The van der Waals surface area contributed by atoms with Gasteiger partial charge in [0.1, 0.15) is 4.90 Å². The van der Waals surface area contributed by atoms with Gasteiger partial charge in [0.25, 0.3) is 15.7 Å². The molecule has 1 aromatic carbocycles. The molecule has 0 radical (unpaired) electrons. The van der Waals surface area contributed by atoms with Crippen molar-refractivity contribution in [2.45, 2.75) is 11.8 Å². The second-order valence-electron chi connectivity index (χ2n) is 3.82. The summed E-state index contributed by atoms with van der Waals surface area (Å²) in [6.45, 7) is 1.63. The molecule has 19 heavy (non-hydrogen) atoms. The van der Waals surface area contributed by atoms with Crippen molar-refractivity contribution in [3.8, 4) is 5.69 Å². The number of aromatic amines is 1. The van der Waals surface area contributed by atoms with E-state index in [1.807, 2.05) is 0 Å². The van der Waals surface area contributed by atoms with E-state index in [2.05, 4.69) is 5.10 Å². The number of hydrogen-bond donors (Lipinski definition) is 2. The standard InChI is InChI=1S/C10H8Cl2N2O4S/c1-5-2-10(15)14(13-5)8-3-6(11)7(12)4-9(8)19(16,17)18/h2-4,13H,1H3,(H,16,17,18). The van der Waals surface area contributed by atoms with Crippen LogP contribution in [0.2, 0.25) is 10.0 Å². The maximum atomic E-state index is 11.7. The van der Waals surface area contributed by atoms with Crippen molar-refractivity contribution >= 4 is 33.3 Å². The molecule has 1 heterocycles. The van der Waals surface area contributed by atoms with Gasteiger partial charge in [-0.15, -0.1) is 0 Å². The van der Waals surface area contributed by atoms with Gasteiger partial charge in [0, 0.05) is 11.8 Å². The second kappa shape index (κ2) is 4.68. The van der Waals surface area contributed by atoms with Crippen molar-refractivity contribution < 1.29 is 13.0 Å². The average Bonchev–Trinajstić information content (AvgIpc) is 2.59. The number of halogens is 2. The van der Waals surface area contributed by atoms with Crippen molar-refractivity contribution in [1.82, 2.24) is 9.78 Å². The lowest BCUT2D eigenvalue weighted by molar-refractivity contribution is 0.482. The van der Waals surface area contributed by atoms with Crippen LogP contribution in [0.1, 0.15) is 5.69 Å². The Bertz CT molecular complexity index is 807. The van der Waals surface area contributed by atoms with Gasteiger partial charge in [-0.05, 0) is 19.1 Å². The number of nitrogens with one attached hydrogen (secondary N) is 1. The summed E-state index contributed by atoms with van der Waals surface area (Å²) in [6.07, 6.45) is 0. The lowest BCUT2D eigenvalue weighted by atomic mass is 10.3. The highest BCUT2D eigenvalue weighted by Gasteiger charge is 2.20. The Hall–Kier alpha value is -1.28. The number of rotatable bonds is 2. The van der Waals surface area contributed by atoms with E-state index in [-0.39, 0.29) is 15.7 Å². The highest BCUT2D eigenvalue weighted by atomic mass is 35.5.